The summed E-state index contributed by atoms with van der Waals surface area (Å²) >= 11 is 11.6. The number of rotatable bonds is 6. The van der Waals surface area contributed by atoms with Gasteiger partial charge in [-0.3, -0.25) is 9.47 Å². The van der Waals surface area contributed by atoms with Crippen LogP contribution in [0.1, 0.15) is 5.56 Å². The van der Waals surface area contributed by atoms with Crippen molar-refractivity contribution in [3.63, 3.8) is 0 Å². The molecule has 2 aromatic carbocycles. The summed E-state index contributed by atoms with van der Waals surface area (Å²) < 4.78 is 23.2. The van der Waals surface area contributed by atoms with Gasteiger partial charge in [-0.2, -0.15) is 5.10 Å². The minimum atomic E-state index is -0.324. The SMILES string of the molecule is COc1cccc(-n2cnn(CN(C)Cc3c(F)cccc3Cl)c2=S)c1. The Bertz CT molecular complexity index is 952. The lowest BCUT2D eigenvalue weighted by molar-refractivity contribution is 0.241. The van der Waals surface area contributed by atoms with Crippen LogP contribution in [-0.4, -0.2) is 33.4 Å². The second kappa shape index (κ2) is 7.99. The molecular weight excluding hydrogens is 375 g/mol. The molecule has 136 valence electrons. The normalized spacial score (nSPS) is 11.1. The Kier molecular flexibility index (Phi) is 5.70. The van der Waals surface area contributed by atoms with E-state index in [2.05, 4.69) is 5.10 Å². The molecule has 0 N–H and O–H groups in total. The summed E-state index contributed by atoms with van der Waals surface area (Å²) in [6, 6.07) is 12.2. The average Bonchev–Trinajstić information content (AvgIpc) is 2.99. The predicted octanol–water partition coefficient (Wildman–Crippen LogP) is 4.29. The molecular formula is C18H18ClFN4OS. The lowest BCUT2D eigenvalue weighted by atomic mass is 10.2. The molecule has 0 aliphatic heterocycles. The van der Waals surface area contributed by atoms with Crippen LogP contribution < -0.4 is 4.74 Å². The summed E-state index contributed by atoms with van der Waals surface area (Å²) in [5.74, 6) is 0.415. The van der Waals surface area contributed by atoms with Crippen LogP contribution >= 0.6 is 23.8 Å². The predicted molar refractivity (Wildman–Crippen MR) is 102 cm³/mol. The summed E-state index contributed by atoms with van der Waals surface area (Å²) in [7, 11) is 3.47. The monoisotopic (exact) mass is 392 g/mol. The number of halogens is 2. The van der Waals surface area contributed by atoms with Crippen molar-refractivity contribution in [1.82, 2.24) is 19.2 Å². The van der Waals surface area contributed by atoms with Crippen molar-refractivity contribution < 1.29 is 9.13 Å². The van der Waals surface area contributed by atoms with Crippen molar-refractivity contribution in [3.8, 4) is 11.4 Å². The van der Waals surface area contributed by atoms with Gasteiger partial charge in [0.1, 0.15) is 17.9 Å². The topological polar surface area (TPSA) is 35.2 Å². The molecule has 1 heterocycles. The lowest BCUT2D eigenvalue weighted by Gasteiger charge is -2.17. The first-order chi connectivity index (χ1) is 12.5. The Labute approximate surface area is 161 Å². The van der Waals surface area contributed by atoms with E-state index in [4.69, 9.17) is 28.6 Å². The summed E-state index contributed by atoms with van der Waals surface area (Å²) in [5.41, 5.74) is 1.32. The lowest BCUT2D eigenvalue weighted by Crippen LogP contribution is -2.23. The Balaban J connectivity index is 1.79. The molecule has 8 heteroatoms. The first kappa shape index (κ1) is 18.6. The van der Waals surface area contributed by atoms with Gasteiger partial charge in [0.25, 0.3) is 0 Å². The molecule has 1 aromatic heterocycles. The second-order valence-corrected chi connectivity index (χ2v) is 6.61. The van der Waals surface area contributed by atoms with Crippen LogP contribution in [0.15, 0.2) is 48.8 Å². The highest BCUT2D eigenvalue weighted by Gasteiger charge is 2.12. The van der Waals surface area contributed by atoms with E-state index in [0.717, 1.165) is 11.4 Å². The third-order valence-corrected chi connectivity index (χ3v) is 4.69. The first-order valence-corrected chi connectivity index (χ1v) is 8.68. The van der Waals surface area contributed by atoms with E-state index in [-0.39, 0.29) is 5.82 Å². The quantitative estimate of drug-likeness (QED) is 0.586. The van der Waals surface area contributed by atoms with Crippen molar-refractivity contribution in [1.29, 1.82) is 0 Å². The van der Waals surface area contributed by atoms with Crippen molar-refractivity contribution in [2.45, 2.75) is 13.2 Å². The maximum absolute atomic E-state index is 14.0. The van der Waals surface area contributed by atoms with Crippen LogP contribution in [-0.2, 0) is 13.2 Å². The smallest absolute Gasteiger partial charge is 0.203 e. The van der Waals surface area contributed by atoms with Gasteiger partial charge < -0.3 is 4.74 Å². The molecule has 0 aliphatic rings. The number of nitrogens with zero attached hydrogens (tertiary/aromatic N) is 4. The zero-order chi connectivity index (χ0) is 18.7. The van der Waals surface area contributed by atoms with E-state index in [1.54, 1.807) is 34.8 Å². The van der Waals surface area contributed by atoms with Gasteiger partial charge in [0.2, 0.25) is 4.77 Å². The molecule has 5 nitrogen and oxygen atoms in total. The Hall–Kier alpha value is -2.22. The van der Waals surface area contributed by atoms with Gasteiger partial charge in [-0.25, -0.2) is 9.07 Å². The molecule has 0 spiro atoms. The van der Waals surface area contributed by atoms with Crippen LogP contribution in [0.2, 0.25) is 5.02 Å². The highest BCUT2D eigenvalue weighted by Crippen LogP contribution is 2.21. The number of aromatic nitrogens is 3. The standard InChI is InChI=1S/C18H18ClFN4OS/c1-22(10-15-16(19)7-4-8-17(15)20)12-24-18(26)23(11-21-24)13-5-3-6-14(9-13)25-2/h3-9,11H,10,12H2,1-2H3. The highest BCUT2D eigenvalue weighted by molar-refractivity contribution is 7.71. The summed E-state index contributed by atoms with van der Waals surface area (Å²) in [6.07, 6.45) is 1.65. The largest absolute Gasteiger partial charge is 0.497 e. The van der Waals surface area contributed by atoms with E-state index in [0.29, 0.717) is 28.6 Å². The molecule has 26 heavy (non-hydrogen) atoms. The van der Waals surface area contributed by atoms with Crippen molar-refractivity contribution >= 4 is 23.8 Å². The summed E-state index contributed by atoms with van der Waals surface area (Å²) in [6.45, 7) is 0.750. The third kappa shape index (κ3) is 3.95. The summed E-state index contributed by atoms with van der Waals surface area (Å²) in [4.78, 5) is 1.89. The van der Waals surface area contributed by atoms with Gasteiger partial charge in [-0.1, -0.05) is 23.7 Å². The Morgan fingerprint density at radius 1 is 1.27 bits per heavy atom. The average molecular weight is 393 g/mol. The van der Waals surface area contributed by atoms with Crippen molar-refractivity contribution in [2.75, 3.05) is 14.2 Å². The maximum Gasteiger partial charge on any atom is 0.203 e. The number of ether oxygens (including phenoxy) is 1. The summed E-state index contributed by atoms with van der Waals surface area (Å²) in [5, 5.41) is 4.75. The van der Waals surface area contributed by atoms with Gasteiger partial charge >= 0.3 is 0 Å². The van der Waals surface area contributed by atoms with E-state index in [1.165, 1.54) is 6.07 Å². The minimum Gasteiger partial charge on any atom is -0.497 e. The molecule has 3 aromatic rings. The first-order valence-electron chi connectivity index (χ1n) is 7.90. The zero-order valence-electron chi connectivity index (χ0n) is 14.4. The highest BCUT2D eigenvalue weighted by atomic mass is 35.5. The Morgan fingerprint density at radius 3 is 2.77 bits per heavy atom. The fourth-order valence-electron chi connectivity index (χ4n) is 2.60. The van der Waals surface area contributed by atoms with Crippen molar-refractivity contribution in [2.24, 2.45) is 0 Å². The van der Waals surface area contributed by atoms with E-state index in [9.17, 15) is 4.39 Å². The molecule has 0 atom stereocenters. The second-order valence-electron chi connectivity index (χ2n) is 5.84. The fraction of sp³-hybridized carbons (Fsp3) is 0.222. The number of benzene rings is 2. The molecule has 0 unspecified atom stereocenters. The molecule has 3 rings (SSSR count). The molecule has 0 bridgehead atoms. The van der Waals surface area contributed by atoms with Gasteiger partial charge in [-0.15, -0.1) is 0 Å². The van der Waals surface area contributed by atoms with Crippen LogP contribution in [0.5, 0.6) is 5.75 Å². The van der Waals surface area contributed by atoms with Crippen LogP contribution in [0.4, 0.5) is 4.39 Å². The van der Waals surface area contributed by atoms with E-state index in [1.807, 2.05) is 36.2 Å². The maximum atomic E-state index is 14.0. The van der Waals surface area contributed by atoms with Gasteiger partial charge in [-0.05, 0) is 43.5 Å². The number of hydrogen-bond donors (Lipinski definition) is 0. The van der Waals surface area contributed by atoms with E-state index >= 15 is 0 Å². The third-order valence-electron chi connectivity index (χ3n) is 3.93. The number of hydrogen-bond acceptors (Lipinski definition) is 4. The molecule has 0 radical (unpaired) electrons. The minimum absolute atomic E-state index is 0.324. The molecule has 0 saturated carbocycles. The zero-order valence-corrected chi connectivity index (χ0v) is 16.0. The van der Waals surface area contributed by atoms with Crippen LogP contribution in [0, 0.1) is 10.6 Å². The molecule has 0 fully saturated rings. The number of methoxy groups -OCH3 is 1. The van der Waals surface area contributed by atoms with Crippen molar-refractivity contribution in [3.05, 3.63) is 70.0 Å². The van der Waals surface area contributed by atoms with Crippen LogP contribution in [0.3, 0.4) is 0 Å². The van der Waals surface area contributed by atoms with Gasteiger partial charge in [0, 0.05) is 23.2 Å². The van der Waals surface area contributed by atoms with Gasteiger partial charge in [0.05, 0.1) is 19.5 Å². The van der Waals surface area contributed by atoms with Gasteiger partial charge in [0.15, 0.2) is 0 Å². The van der Waals surface area contributed by atoms with Crippen LogP contribution in [0.25, 0.3) is 5.69 Å². The Morgan fingerprint density at radius 2 is 2.04 bits per heavy atom. The molecule has 0 aliphatic carbocycles. The van der Waals surface area contributed by atoms with E-state index < -0.39 is 0 Å². The fourth-order valence-corrected chi connectivity index (χ4v) is 3.08. The molecule has 0 saturated heterocycles. The molecule has 0 amide bonds.